The molecule has 166 valence electrons. The van der Waals surface area contributed by atoms with Crippen LogP contribution in [0.25, 0.3) is 10.2 Å². The summed E-state index contributed by atoms with van der Waals surface area (Å²) >= 11 is 1.18. The van der Waals surface area contributed by atoms with Gasteiger partial charge in [0.05, 0.1) is 29.5 Å². The van der Waals surface area contributed by atoms with Crippen LogP contribution in [-0.2, 0) is 20.8 Å². The van der Waals surface area contributed by atoms with Crippen molar-refractivity contribution in [3.63, 3.8) is 0 Å². The van der Waals surface area contributed by atoms with Crippen LogP contribution in [0.15, 0.2) is 41.4 Å². The summed E-state index contributed by atoms with van der Waals surface area (Å²) in [5.41, 5.74) is 1.32. The van der Waals surface area contributed by atoms with Crippen molar-refractivity contribution in [2.75, 3.05) is 26.9 Å². The normalized spacial score (nSPS) is 13.1. The molecule has 0 unspecified atom stereocenters. The maximum Gasteiger partial charge on any atom is 0.337 e. The molecule has 0 saturated carbocycles. The van der Waals surface area contributed by atoms with Crippen LogP contribution < -0.4 is 14.3 Å². The van der Waals surface area contributed by atoms with Gasteiger partial charge >= 0.3 is 11.9 Å². The van der Waals surface area contributed by atoms with Gasteiger partial charge in [0.2, 0.25) is 0 Å². The van der Waals surface area contributed by atoms with Gasteiger partial charge in [0.15, 0.2) is 16.3 Å². The number of nitrogens with zero attached hydrogens (tertiary/aromatic N) is 2. The summed E-state index contributed by atoms with van der Waals surface area (Å²) < 4.78 is 23.1. The summed E-state index contributed by atoms with van der Waals surface area (Å²) in [6.07, 6.45) is 0. The number of rotatable bonds is 5. The molecule has 10 heteroatoms. The minimum atomic E-state index is -0.501. The second kappa shape index (κ2) is 9.23. The van der Waals surface area contributed by atoms with Gasteiger partial charge in [0.1, 0.15) is 19.8 Å². The maximum absolute atomic E-state index is 12.9. The fourth-order valence-corrected chi connectivity index (χ4v) is 4.29. The Hall–Kier alpha value is -3.66. The van der Waals surface area contributed by atoms with E-state index in [1.165, 1.54) is 18.4 Å². The highest BCUT2D eigenvalue weighted by Crippen LogP contribution is 2.31. The van der Waals surface area contributed by atoms with Crippen molar-refractivity contribution in [1.29, 1.82) is 0 Å². The average molecular weight is 456 g/mol. The minimum absolute atomic E-state index is 0.126. The zero-order valence-corrected chi connectivity index (χ0v) is 18.3. The maximum atomic E-state index is 12.9. The van der Waals surface area contributed by atoms with Crippen LogP contribution in [-0.4, -0.2) is 49.3 Å². The summed E-state index contributed by atoms with van der Waals surface area (Å²) in [5.74, 6) is -0.391. The molecule has 0 spiro atoms. The van der Waals surface area contributed by atoms with E-state index in [9.17, 15) is 14.4 Å². The number of fused-ring (bicyclic) bond motifs is 2. The van der Waals surface area contributed by atoms with E-state index in [0.717, 1.165) is 0 Å². The molecular weight excluding hydrogens is 436 g/mol. The molecule has 0 radical (unpaired) electrons. The lowest BCUT2D eigenvalue weighted by atomic mass is 10.2. The van der Waals surface area contributed by atoms with Crippen LogP contribution in [0, 0.1) is 0 Å². The topological polar surface area (TPSA) is 105 Å². The van der Waals surface area contributed by atoms with Gasteiger partial charge in [-0.3, -0.25) is 9.59 Å². The van der Waals surface area contributed by atoms with Crippen molar-refractivity contribution in [1.82, 2.24) is 4.57 Å². The van der Waals surface area contributed by atoms with E-state index < -0.39 is 17.8 Å². The number of thiazole rings is 1. The molecule has 2 aromatic carbocycles. The molecule has 32 heavy (non-hydrogen) atoms. The number of esters is 2. The molecule has 0 saturated heterocycles. The van der Waals surface area contributed by atoms with E-state index in [1.807, 2.05) is 0 Å². The number of methoxy groups -OCH3 is 1. The van der Waals surface area contributed by atoms with Crippen LogP contribution >= 0.6 is 11.3 Å². The highest BCUT2D eigenvalue weighted by atomic mass is 32.1. The highest BCUT2D eigenvalue weighted by Gasteiger charge is 2.17. The second-order valence-corrected chi connectivity index (χ2v) is 7.73. The summed E-state index contributed by atoms with van der Waals surface area (Å²) in [6, 6.07) is 9.77. The lowest BCUT2D eigenvalue weighted by molar-refractivity contribution is -0.143. The first-order valence-electron chi connectivity index (χ1n) is 9.86. The van der Waals surface area contributed by atoms with Gasteiger partial charge in [-0.15, -0.1) is 0 Å². The number of hydrogen-bond acceptors (Lipinski definition) is 8. The van der Waals surface area contributed by atoms with Crippen molar-refractivity contribution in [3.05, 3.63) is 52.3 Å². The monoisotopic (exact) mass is 456 g/mol. The summed E-state index contributed by atoms with van der Waals surface area (Å²) in [4.78, 5) is 41.5. The van der Waals surface area contributed by atoms with Gasteiger partial charge in [-0.05, 0) is 43.3 Å². The molecule has 1 aliphatic rings. The number of aromatic nitrogens is 1. The smallest absolute Gasteiger partial charge is 0.337 e. The van der Waals surface area contributed by atoms with Gasteiger partial charge in [-0.1, -0.05) is 11.3 Å². The van der Waals surface area contributed by atoms with E-state index in [2.05, 4.69) is 4.99 Å². The fraction of sp³-hybridized carbons (Fsp3) is 0.273. The number of hydrogen-bond donors (Lipinski definition) is 0. The SMILES string of the molecule is CCOC(=O)Cn1c(=NC(=O)c2ccc3c(c2)OCCO3)sc2cc(C(=O)OC)ccc21. The summed E-state index contributed by atoms with van der Waals surface area (Å²) in [6.45, 7) is 2.68. The molecule has 1 amide bonds. The van der Waals surface area contributed by atoms with Crippen LogP contribution in [0.5, 0.6) is 11.5 Å². The predicted octanol–water partition coefficient (Wildman–Crippen LogP) is 2.56. The molecule has 9 nitrogen and oxygen atoms in total. The second-order valence-electron chi connectivity index (χ2n) is 6.73. The van der Waals surface area contributed by atoms with Crippen LogP contribution in [0.3, 0.4) is 0 Å². The van der Waals surface area contributed by atoms with E-state index in [1.54, 1.807) is 47.9 Å². The number of amides is 1. The first-order chi connectivity index (χ1) is 15.5. The quantitative estimate of drug-likeness (QED) is 0.543. The molecular formula is C22H20N2O7S. The van der Waals surface area contributed by atoms with Crippen molar-refractivity contribution < 1.29 is 33.3 Å². The van der Waals surface area contributed by atoms with Gasteiger partial charge in [-0.25, -0.2) is 4.79 Å². The zero-order valence-electron chi connectivity index (χ0n) is 17.5. The molecule has 3 aromatic rings. The van der Waals surface area contributed by atoms with E-state index >= 15 is 0 Å². The number of carbonyl (C=O) groups excluding carboxylic acids is 3. The first-order valence-corrected chi connectivity index (χ1v) is 10.7. The summed E-state index contributed by atoms with van der Waals surface area (Å²) in [5, 5.41) is 0. The van der Waals surface area contributed by atoms with Gasteiger partial charge in [0.25, 0.3) is 5.91 Å². The van der Waals surface area contributed by atoms with Gasteiger partial charge < -0.3 is 23.5 Å². The first kappa shape index (κ1) is 21.6. The number of ether oxygens (including phenoxy) is 4. The molecule has 0 aliphatic carbocycles. The van der Waals surface area contributed by atoms with E-state index in [0.29, 0.717) is 50.9 Å². The molecule has 0 bridgehead atoms. The molecule has 0 N–H and O–H groups in total. The van der Waals surface area contributed by atoms with Crippen molar-refractivity contribution in [2.45, 2.75) is 13.5 Å². The fourth-order valence-electron chi connectivity index (χ4n) is 3.22. The van der Waals surface area contributed by atoms with Crippen LogP contribution in [0.1, 0.15) is 27.6 Å². The predicted molar refractivity (Wildman–Crippen MR) is 115 cm³/mol. The van der Waals surface area contributed by atoms with E-state index in [4.69, 9.17) is 18.9 Å². The Labute approximate surface area is 186 Å². The Morgan fingerprint density at radius 1 is 1.06 bits per heavy atom. The summed E-state index contributed by atoms with van der Waals surface area (Å²) in [7, 11) is 1.30. The molecule has 1 aromatic heterocycles. The zero-order chi connectivity index (χ0) is 22.7. The van der Waals surface area contributed by atoms with E-state index in [-0.39, 0.29) is 13.2 Å². The lowest BCUT2D eigenvalue weighted by Gasteiger charge is -2.18. The van der Waals surface area contributed by atoms with Crippen LogP contribution in [0.2, 0.25) is 0 Å². The minimum Gasteiger partial charge on any atom is -0.486 e. The van der Waals surface area contributed by atoms with Gasteiger partial charge in [-0.2, -0.15) is 4.99 Å². The van der Waals surface area contributed by atoms with Crippen molar-refractivity contribution in [3.8, 4) is 11.5 Å². The lowest BCUT2D eigenvalue weighted by Crippen LogP contribution is -2.23. The van der Waals surface area contributed by atoms with Crippen molar-refractivity contribution >= 4 is 39.4 Å². The molecule has 0 fully saturated rings. The highest BCUT2D eigenvalue weighted by molar-refractivity contribution is 7.16. The van der Waals surface area contributed by atoms with Crippen LogP contribution in [0.4, 0.5) is 0 Å². The van der Waals surface area contributed by atoms with Crippen molar-refractivity contribution in [2.24, 2.45) is 4.99 Å². The number of benzene rings is 2. The van der Waals surface area contributed by atoms with Gasteiger partial charge in [0, 0.05) is 5.56 Å². The third-order valence-electron chi connectivity index (χ3n) is 4.68. The number of carbonyl (C=O) groups is 3. The molecule has 1 aliphatic heterocycles. The molecule has 2 heterocycles. The third-order valence-corrected chi connectivity index (χ3v) is 5.72. The Kier molecular flexibility index (Phi) is 6.22. The largest absolute Gasteiger partial charge is 0.486 e. The Bertz CT molecular complexity index is 1280. The average Bonchev–Trinajstić information content (AvgIpc) is 3.14. The Morgan fingerprint density at radius 3 is 2.56 bits per heavy atom. The molecule has 0 atom stereocenters. The Morgan fingerprint density at radius 2 is 1.81 bits per heavy atom. The molecule has 4 rings (SSSR count). The standard InChI is InChI=1S/C22H20N2O7S/c1-3-29-19(25)12-24-15-6-4-14(21(27)28-2)11-18(15)32-22(24)23-20(26)13-5-7-16-17(10-13)31-9-8-30-16/h4-7,10-11H,3,8-9,12H2,1-2H3. The Balaban J connectivity index is 1.78. The third kappa shape index (κ3) is 4.35.